The molecule has 1 rings (SSSR count). The zero-order valence-corrected chi connectivity index (χ0v) is 16.8. The number of aliphatic hydroxyl groups is 2. The lowest BCUT2D eigenvalue weighted by atomic mass is 9.87. The molecule has 0 saturated carbocycles. The van der Waals surface area contributed by atoms with Gasteiger partial charge in [-0.05, 0) is 45.5 Å². The van der Waals surface area contributed by atoms with Crippen molar-refractivity contribution < 1.29 is 19.7 Å². The fraction of sp³-hybridized carbons (Fsp3) is 0.611. The number of rotatable bonds is 9. The number of nitrogens with one attached hydrogen (secondary N) is 1. The van der Waals surface area contributed by atoms with Crippen LogP contribution in [0, 0.1) is 0 Å². The first-order valence-electron chi connectivity index (χ1n) is 8.47. The number of ether oxygens (including phenoxy) is 1. The minimum atomic E-state index is -0.293. The first kappa shape index (κ1) is 21.7. The Hall–Kier alpha value is -1.31. The Morgan fingerprint density at radius 1 is 1.24 bits per heavy atom. The van der Waals surface area contributed by atoms with E-state index in [-0.39, 0.29) is 37.7 Å². The van der Waals surface area contributed by atoms with E-state index in [1.54, 1.807) is 0 Å². The average Bonchev–Trinajstić information content (AvgIpc) is 2.54. The topological polar surface area (TPSA) is 82.0 Å². The van der Waals surface area contributed by atoms with Crippen molar-refractivity contribution in [1.82, 2.24) is 10.2 Å². The molecule has 0 bridgehead atoms. The second kappa shape index (κ2) is 10.6. The molecule has 0 saturated heterocycles. The Labute approximate surface area is 158 Å². The zero-order chi connectivity index (χ0) is 18.9. The van der Waals surface area contributed by atoms with Gasteiger partial charge >= 0.3 is 6.03 Å². The Kier molecular flexibility index (Phi) is 9.24. The van der Waals surface area contributed by atoms with Crippen LogP contribution in [0.4, 0.5) is 4.79 Å². The number of nitrogens with zero attached hydrogens (tertiary/aromatic N) is 1. The smallest absolute Gasteiger partial charge is 0.317 e. The minimum absolute atomic E-state index is 0.0837. The van der Waals surface area contributed by atoms with Crippen molar-refractivity contribution >= 4 is 22.0 Å². The lowest BCUT2D eigenvalue weighted by Crippen LogP contribution is -2.43. The van der Waals surface area contributed by atoms with Gasteiger partial charge in [-0.2, -0.15) is 0 Å². The largest absolute Gasteiger partial charge is 0.492 e. The fourth-order valence-electron chi connectivity index (χ4n) is 2.20. The van der Waals surface area contributed by atoms with Crippen molar-refractivity contribution in [3.8, 4) is 5.75 Å². The molecule has 0 unspecified atom stereocenters. The molecule has 0 aromatic heterocycles. The molecule has 0 aliphatic rings. The highest BCUT2D eigenvalue weighted by Gasteiger charge is 2.15. The molecule has 0 spiro atoms. The van der Waals surface area contributed by atoms with Gasteiger partial charge in [-0.1, -0.05) is 26.8 Å². The van der Waals surface area contributed by atoms with Gasteiger partial charge in [0.1, 0.15) is 5.75 Å². The second-order valence-corrected chi connectivity index (χ2v) is 7.62. The SMILES string of the molecule is CC(C)(C)c1ccc(OCCCNC(=O)N(CCO)CCO)c(Br)c1. The lowest BCUT2D eigenvalue weighted by Gasteiger charge is -2.21. The van der Waals surface area contributed by atoms with Gasteiger partial charge in [0.2, 0.25) is 0 Å². The summed E-state index contributed by atoms with van der Waals surface area (Å²) in [6.07, 6.45) is 0.658. The summed E-state index contributed by atoms with van der Waals surface area (Å²) < 4.78 is 6.67. The van der Waals surface area contributed by atoms with E-state index in [0.717, 1.165) is 10.2 Å². The molecule has 1 aromatic carbocycles. The van der Waals surface area contributed by atoms with Crippen molar-refractivity contribution in [2.45, 2.75) is 32.6 Å². The van der Waals surface area contributed by atoms with Crippen molar-refractivity contribution in [2.75, 3.05) is 39.5 Å². The minimum Gasteiger partial charge on any atom is -0.492 e. The van der Waals surface area contributed by atoms with Crippen molar-refractivity contribution in [3.05, 3.63) is 28.2 Å². The van der Waals surface area contributed by atoms with E-state index in [1.807, 2.05) is 6.07 Å². The number of carbonyl (C=O) groups is 1. The normalized spacial score (nSPS) is 11.3. The maximum Gasteiger partial charge on any atom is 0.317 e. The third kappa shape index (κ3) is 7.63. The quantitative estimate of drug-likeness (QED) is 0.540. The number of urea groups is 1. The van der Waals surface area contributed by atoms with Crippen LogP contribution in [0.2, 0.25) is 0 Å². The Balaban J connectivity index is 2.37. The highest BCUT2D eigenvalue weighted by Crippen LogP contribution is 2.31. The molecule has 142 valence electrons. The van der Waals surface area contributed by atoms with E-state index in [2.05, 4.69) is 54.2 Å². The number of hydrogen-bond donors (Lipinski definition) is 3. The summed E-state index contributed by atoms with van der Waals surface area (Å²) in [5.41, 5.74) is 1.31. The molecular formula is C18H29BrN2O4. The van der Waals surface area contributed by atoms with Gasteiger partial charge in [-0.3, -0.25) is 0 Å². The first-order valence-corrected chi connectivity index (χ1v) is 9.26. The molecule has 0 heterocycles. The van der Waals surface area contributed by atoms with E-state index < -0.39 is 0 Å². The zero-order valence-electron chi connectivity index (χ0n) is 15.2. The molecule has 3 N–H and O–H groups in total. The van der Waals surface area contributed by atoms with Gasteiger partial charge in [0.15, 0.2) is 0 Å². The predicted octanol–water partition coefficient (Wildman–Crippen LogP) is 2.51. The van der Waals surface area contributed by atoms with Crippen LogP contribution in [0.3, 0.4) is 0 Å². The number of carbonyl (C=O) groups excluding carboxylic acids is 1. The van der Waals surface area contributed by atoms with E-state index in [4.69, 9.17) is 14.9 Å². The Morgan fingerprint density at radius 3 is 2.40 bits per heavy atom. The maximum absolute atomic E-state index is 11.9. The van der Waals surface area contributed by atoms with Gasteiger partial charge in [0, 0.05) is 19.6 Å². The number of hydrogen-bond acceptors (Lipinski definition) is 4. The molecule has 0 fully saturated rings. The highest BCUT2D eigenvalue weighted by molar-refractivity contribution is 9.10. The van der Waals surface area contributed by atoms with Crippen molar-refractivity contribution in [2.24, 2.45) is 0 Å². The van der Waals surface area contributed by atoms with Crippen LogP contribution in [0.1, 0.15) is 32.8 Å². The summed E-state index contributed by atoms with van der Waals surface area (Å²) in [5, 5.41) is 20.6. The van der Waals surface area contributed by atoms with Crippen molar-refractivity contribution in [1.29, 1.82) is 0 Å². The molecule has 25 heavy (non-hydrogen) atoms. The van der Waals surface area contributed by atoms with Crippen LogP contribution in [0.5, 0.6) is 5.75 Å². The number of aliphatic hydroxyl groups excluding tert-OH is 2. The monoisotopic (exact) mass is 416 g/mol. The van der Waals surface area contributed by atoms with Crippen LogP contribution in [0.25, 0.3) is 0 Å². The second-order valence-electron chi connectivity index (χ2n) is 6.76. The van der Waals surface area contributed by atoms with Crippen LogP contribution in [-0.2, 0) is 5.41 Å². The van der Waals surface area contributed by atoms with E-state index >= 15 is 0 Å². The molecule has 6 nitrogen and oxygen atoms in total. The third-order valence-corrected chi connectivity index (χ3v) is 4.30. The van der Waals surface area contributed by atoms with E-state index in [9.17, 15) is 4.79 Å². The van der Waals surface area contributed by atoms with Crippen LogP contribution in [-0.4, -0.2) is 60.6 Å². The maximum atomic E-state index is 11.9. The standard InChI is InChI=1S/C18H29BrN2O4/c1-18(2,3)14-5-6-16(15(19)13-14)25-12-4-7-20-17(24)21(8-10-22)9-11-23/h5-6,13,22-23H,4,7-12H2,1-3H3,(H,20,24). The molecule has 2 amide bonds. The first-order chi connectivity index (χ1) is 11.8. The average molecular weight is 417 g/mol. The van der Waals surface area contributed by atoms with Crippen LogP contribution < -0.4 is 10.1 Å². The lowest BCUT2D eigenvalue weighted by molar-refractivity contribution is 0.158. The van der Waals surface area contributed by atoms with Gasteiger partial charge < -0.3 is 25.2 Å². The third-order valence-electron chi connectivity index (χ3n) is 3.68. The summed E-state index contributed by atoms with van der Waals surface area (Å²) in [6, 6.07) is 5.79. The molecule has 0 aliphatic carbocycles. The molecule has 0 radical (unpaired) electrons. The molecule has 7 heteroatoms. The molecule has 1 aromatic rings. The van der Waals surface area contributed by atoms with E-state index in [1.165, 1.54) is 10.5 Å². The number of benzene rings is 1. The summed E-state index contributed by atoms with van der Waals surface area (Å²) in [7, 11) is 0. The van der Waals surface area contributed by atoms with Crippen LogP contribution in [0.15, 0.2) is 22.7 Å². The van der Waals surface area contributed by atoms with Gasteiger partial charge in [-0.15, -0.1) is 0 Å². The summed E-state index contributed by atoms with van der Waals surface area (Å²) >= 11 is 3.54. The summed E-state index contributed by atoms with van der Waals surface area (Å²) in [5.74, 6) is 0.779. The molecular weight excluding hydrogens is 388 g/mol. The van der Waals surface area contributed by atoms with Gasteiger partial charge in [0.25, 0.3) is 0 Å². The number of halogens is 1. The fourth-order valence-corrected chi connectivity index (χ4v) is 2.70. The predicted molar refractivity (Wildman–Crippen MR) is 102 cm³/mol. The van der Waals surface area contributed by atoms with E-state index in [0.29, 0.717) is 19.6 Å². The summed E-state index contributed by atoms with van der Waals surface area (Å²) in [6.45, 7) is 7.58. The molecule has 0 aliphatic heterocycles. The van der Waals surface area contributed by atoms with Crippen LogP contribution >= 0.6 is 15.9 Å². The van der Waals surface area contributed by atoms with Gasteiger partial charge in [0.05, 0.1) is 24.3 Å². The molecule has 0 atom stereocenters. The van der Waals surface area contributed by atoms with Gasteiger partial charge in [-0.25, -0.2) is 4.79 Å². The summed E-state index contributed by atoms with van der Waals surface area (Å²) in [4.78, 5) is 13.3. The number of amides is 2. The Morgan fingerprint density at radius 2 is 1.88 bits per heavy atom. The highest BCUT2D eigenvalue weighted by atomic mass is 79.9. The van der Waals surface area contributed by atoms with Crippen molar-refractivity contribution in [3.63, 3.8) is 0 Å². The Bertz CT molecular complexity index is 540.